The monoisotopic (exact) mass is 796 g/mol. The van der Waals surface area contributed by atoms with E-state index in [2.05, 4.69) is 212 Å². The molecule has 0 fully saturated rings. The average molecular weight is 797 g/mol. The van der Waals surface area contributed by atoms with E-state index in [-0.39, 0.29) is 17.5 Å². The lowest BCUT2D eigenvalue weighted by Gasteiger charge is -2.43. The van der Waals surface area contributed by atoms with Crippen molar-refractivity contribution in [2.75, 3.05) is 0 Å². The maximum Gasteiger partial charge on any atom is 0.169 e. The predicted molar refractivity (Wildman–Crippen MR) is 254 cm³/mol. The van der Waals surface area contributed by atoms with E-state index in [1.807, 2.05) is 0 Å². The molecule has 0 saturated heterocycles. The fraction of sp³-hybridized carbons (Fsp3) is 0.138. The fourth-order valence-corrected chi connectivity index (χ4v) is 12.0. The van der Waals surface area contributed by atoms with Crippen molar-refractivity contribution in [3.63, 3.8) is 0 Å². The lowest BCUT2D eigenvalue weighted by atomic mass is 9.61. The Labute approximate surface area is 362 Å². The Balaban J connectivity index is 1.01. The van der Waals surface area contributed by atoms with Crippen molar-refractivity contribution in [3.8, 4) is 16.8 Å². The van der Waals surface area contributed by atoms with Crippen molar-refractivity contribution in [1.29, 1.82) is 0 Å². The molecule has 9 aromatic rings. The van der Waals surface area contributed by atoms with Gasteiger partial charge >= 0.3 is 0 Å². The Morgan fingerprint density at radius 2 is 1.23 bits per heavy atom. The number of hydrogen-bond donors (Lipinski definition) is 1. The van der Waals surface area contributed by atoms with Gasteiger partial charge in [0, 0.05) is 34.1 Å². The number of nitrogens with zero attached hydrogens (tertiary/aromatic N) is 3. The summed E-state index contributed by atoms with van der Waals surface area (Å²) in [5.41, 5.74) is 19.1. The Hall–Kier alpha value is -7.30. The normalized spacial score (nSPS) is 19.8. The number of nitrogens with one attached hydrogen (secondary N) is 1. The number of fused-ring (bicyclic) bond motifs is 15. The van der Waals surface area contributed by atoms with Crippen LogP contribution in [0, 0.1) is 0 Å². The molecule has 0 saturated carbocycles. The van der Waals surface area contributed by atoms with Gasteiger partial charge in [-0.25, -0.2) is 9.98 Å². The van der Waals surface area contributed by atoms with Crippen LogP contribution >= 0.6 is 0 Å². The number of benzene rings is 8. The molecule has 62 heavy (non-hydrogen) atoms. The lowest BCUT2D eigenvalue weighted by Crippen LogP contribution is -2.36. The Morgan fingerprint density at radius 3 is 2.08 bits per heavy atom. The smallest absolute Gasteiger partial charge is 0.169 e. The van der Waals surface area contributed by atoms with E-state index >= 15 is 0 Å². The van der Waals surface area contributed by atoms with Gasteiger partial charge in [0.1, 0.15) is 11.7 Å². The first-order valence-corrected chi connectivity index (χ1v) is 22.0. The molecule has 1 aromatic heterocycles. The van der Waals surface area contributed by atoms with Crippen LogP contribution in [0.3, 0.4) is 0 Å². The minimum atomic E-state index is -0.496. The van der Waals surface area contributed by atoms with Gasteiger partial charge in [0.2, 0.25) is 0 Å². The van der Waals surface area contributed by atoms with Gasteiger partial charge in [-0.3, -0.25) is 0 Å². The molecule has 13 rings (SSSR count). The zero-order valence-electron chi connectivity index (χ0n) is 34.8. The second-order valence-electron chi connectivity index (χ2n) is 18.0. The topological polar surface area (TPSA) is 41.7 Å². The molecule has 4 nitrogen and oxygen atoms in total. The Bertz CT molecular complexity index is 3370. The van der Waals surface area contributed by atoms with E-state index in [0.717, 1.165) is 35.6 Å². The number of amidine groups is 2. The standard InChI is InChI=1S/C58H44N4/c1-57(2)44-26-12-9-22-39(44)38(33-35-51-59-55(36-18-5-3-6-19-36)61-56(60-51)37-20-7-4-8-21-37)41-32-34-47-52(53(41)57)43-24-10-13-27-45(43)58(47)46-28-14-16-31-50(46)62-49-30-15-11-23-40(49)42-25-17-29-48(58)54(42)62/h3-32,34,38,55H,33,35H2,1-2H3,(H,59,60,61)/t38?,55-,58?/m0/s1. The van der Waals surface area contributed by atoms with Crippen molar-refractivity contribution >= 4 is 33.5 Å². The largest absolute Gasteiger partial charge is 0.328 e. The highest BCUT2D eigenvalue weighted by atomic mass is 15.2. The van der Waals surface area contributed by atoms with E-state index in [4.69, 9.17) is 9.98 Å². The van der Waals surface area contributed by atoms with Gasteiger partial charge in [-0.2, -0.15) is 0 Å². The number of aromatic nitrogens is 1. The van der Waals surface area contributed by atoms with Crippen LogP contribution < -0.4 is 5.32 Å². The summed E-state index contributed by atoms with van der Waals surface area (Å²) in [7, 11) is 0. The molecular weight excluding hydrogens is 753 g/mol. The molecule has 2 aliphatic carbocycles. The highest BCUT2D eigenvalue weighted by molar-refractivity contribution is 6.13. The van der Waals surface area contributed by atoms with Crippen molar-refractivity contribution in [1.82, 2.24) is 9.88 Å². The van der Waals surface area contributed by atoms with Crippen molar-refractivity contribution in [3.05, 3.63) is 244 Å². The summed E-state index contributed by atoms with van der Waals surface area (Å²) < 4.78 is 2.54. The maximum absolute atomic E-state index is 5.29. The van der Waals surface area contributed by atoms with Gasteiger partial charge < -0.3 is 9.88 Å². The van der Waals surface area contributed by atoms with Gasteiger partial charge in [-0.1, -0.05) is 190 Å². The first-order chi connectivity index (χ1) is 30.5. The summed E-state index contributed by atoms with van der Waals surface area (Å²) in [6, 6.07) is 69.6. The van der Waals surface area contributed by atoms with Crippen LogP contribution in [0.2, 0.25) is 0 Å². The first kappa shape index (κ1) is 35.5. The molecule has 2 aliphatic heterocycles. The molecule has 0 radical (unpaired) electrons. The summed E-state index contributed by atoms with van der Waals surface area (Å²) in [4.78, 5) is 10.4. The van der Waals surface area contributed by atoms with E-state index in [1.54, 1.807) is 0 Å². The molecule has 296 valence electrons. The van der Waals surface area contributed by atoms with Gasteiger partial charge in [0.15, 0.2) is 6.17 Å². The number of rotatable bonds is 5. The molecular formula is C58H44N4. The van der Waals surface area contributed by atoms with Crippen LogP contribution in [-0.2, 0) is 10.8 Å². The van der Waals surface area contributed by atoms with Crippen LogP contribution in [0.4, 0.5) is 0 Å². The number of hydrogen-bond acceptors (Lipinski definition) is 3. The fourth-order valence-electron chi connectivity index (χ4n) is 12.0. The van der Waals surface area contributed by atoms with E-state index < -0.39 is 5.41 Å². The van der Waals surface area contributed by atoms with Crippen LogP contribution in [0.5, 0.6) is 0 Å². The molecule has 8 aromatic carbocycles. The highest BCUT2D eigenvalue weighted by Gasteiger charge is 2.53. The van der Waals surface area contributed by atoms with Crippen molar-refractivity contribution in [2.24, 2.45) is 9.98 Å². The van der Waals surface area contributed by atoms with Crippen LogP contribution in [0.1, 0.15) is 94.4 Å². The van der Waals surface area contributed by atoms with E-state index in [9.17, 15) is 0 Å². The summed E-state index contributed by atoms with van der Waals surface area (Å²) in [5, 5.41) is 6.30. The summed E-state index contributed by atoms with van der Waals surface area (Å²) in [5.74, 6) is 2.02. The second-order valence-corrected chi connectivity index (χ2v) is 18.0. The minimum Gasteiger partial charge on any atom is -0.328 e. The summed E-state index contributed by atoms with van der Waals surface area (Å²) in [6.45, 7) is 4.92. The van der Waals surface area contributed by atoms with Gasteiger partial charge in [-0.15, -0.1) is 0 Å². The highest BCUT2D eigenvalue weighted by Crippen LogP contribution is 2.64. The molecule has 0 amide bonds. The molecule has 4 aliphatic rings. The Morgan fingerprint density at radius 1 is 0.548 bits per heavy atom. The van der Waals surface area contributed by atoms with E-state index in [1.165, 1.54) is 83.1 Å². The SMILES string of the molecule is CC1(C)c2ccccc2C(CCC2=N[C@H](c3ccccc3)N=C(c3ccccc3)N2)c2ccc3c(c21)-c1ccccc1C31c2ccccc2-n2c3ccccc3c3cccc1c32. The van der Waals surface area contributed by atoms with Crippen LogP contribution in [0.15, 0.2) is 198 Å². The van der Waals surface area contributed by atoms with Crippen LogP contribution in [-0.4, -0.2) is 16.2 Å². The molecule has 1 spiro atoms. The molecule has 2 unspecified atom stereocenters. The third kappa shape index (κ3) is 4.72. The first-order valence-electron chi connectivity index (χ1n) is 22.0. The third-order valence-electron chi connectivity index (χ3n) is 14.5. The third-order valence-corrected chi connectivity index (χ3v) is 14.5. The lowest BCUT2D eigenvalue weighted by molar-refractivity contribution is 0.569. The molecule has 0 bridgehead atoms. The van der Waals surface area contributed by atoms with E-state index in [0.29, 0.717) is 0 Å². The van der Waals surface area contributed by atoms with Crippen molar-refractivity contribution < 1.29 is 0 Å². The summed E-state index contributed by atoms with van der Waals surface area (Å²) in [6.07, 6.45) is 1.39. The van der Waals surface area contributed by atoms with Gasteiger partial charge in [0.05, 0.1) is 22.1 Å². The van der Waals surface area contributed by atoms with Gasteiger partial charge in [0.25, 0.3) is 0 Å². The molecule has 3 heterocycles. The summed E-state index contributed by atoms with van der Waals surface area (Å²) >= 11 is 0. The zero-order valence-corrected chi connectivity index (χ0v) is 34.8. The molecule has 4 heteroatoms. The zero-order chi connectivity index (χ0) is 41.2. The number of para-hydroxylation sites is 3. The molecule has 3 atom stereocenters. The average Bonchev–Trinajstić information content (AvgIpc) is 3.82. The molecule has 1 N–H and O–H groups in total. The minimum absolute atomic E-state index is 0.173. The number of aliphatic imine (C=N–C) groups is 2. The van der Waals surface area contributed by atoms with Crippen LogP contribution in [0.25, 0.3) is 38.6 Å². The quantitative estimate of drug-likeness (QED) is 0.185. The van der Waals surface area contributed by atoms with Crippen molar-refractivity contribution in [2.45, 2.75) is 49.6 Å². The predicted octanol–water partition coefficient (Wildman–Crippen LogP) is 13.2. The van der Waals surface area contributed by atoms with Gasteiger partial charge in [-0.05, 0) is 79.8 Å². The second kappa shape index (κ2) is 13.1. The maximum atomic E-state index is 5.29. The Kier molecular flexibility index (Phi) is 7.49.